The molecule has 6 aromatic carbocycles. The summed E-state index contributed by atoms with van der Waals surface area (Å²) in [7, 11) is 0. The van der Waals surface area contributed by atoms with Gasteiger partial charge in [-0.15, -0.1) is 0 Å². The largest absolute Gasteiger partial charge is 0.444 e. The SMILES string of the molecule is CC(C)(C)OC(=O)NCCCC[C@@](N)(C(=O)CCCc1c[nH]c2ccccc12)C(=O)Nc1ccc(C(c2ccc(NC(=O)[C@@](N)(CCCCNC(=O)OC(C)(C)C)C(=O)CCCc3c[nH]c4ccccc34)cc2)c2ccc(NC(=O)[C@@](N)(CCCCNC(=O)OC(C)(C)C)C(=O)CCCc3c[nH]c4ccccc34)cc2)cc1. The summed E-state index contributed by atoms with van der Waals surface area (Å²) in [5.41, 5.74) is 22.3. The van der Waals surface area contributed by atoms with Crippen LogP contribution < -0.4 is 49.1 Å². The fraction of sp³-hybridized carbons (Fsp3) is 0.420. The molecular weight excluding hydrogens is 1420 g/mol. The number of nitrogens with one attached hydrogen (secondary N) is 9. The molecule has 0 aliphatic heterocycles. The third-order valence-corrected chi connectivity index (χ3v) is 19.8. The first kappa shape index (κ1) is 85.1. The molecule has 15 N–H and O–H groups in total. The number of ether oxygens (including phenoxy) is 3. The van der Waals surface area contributed by atoms with Crippen LogP contribution in [0, 0.1) is 0 Å². The molecule has 3 heterocycles. The number of amides is 6. The highest BCUT2D eigenvalue weighted by Gasteiger charge is 2.43. The molecule has 3 atom stereocenters. The molecule has 112 heavy (non-hydrogen) atoms. The van der Waals surface area contributed by atoms with Crippen LogP contribution in [0.4, 0.5) is 31.4 Å². The van der Waals surface area contributed by atoms with Gasteiger partial charge in [0.25, 0.3) is 17.7 Å². The highest BCUT2D eigenvalue weighted by molar-refractivity contribution is 6.17. The van der Waals surface area contributed by atoms with Crippen molar-refractivity contribution in [3.8, 4) is 0 Å². The quantitative estimate of drug-likeness (QED) is 0.00737. The van der Waals surface area contributed by atoms with Crippen LogP contribution in [0.15, 0.2) is 164 Å². The molecule has 596 valence electrons. The number of unbranched alkanes of at least 4 members (excludes halogenated alkanes) is 3. The van der Waals surface area contributed by atoms with E-state index in [0.717, 1.165) is 66.1 Å². The zero-order valence-corrected chi connectivity index (χ0v) is 66.1. The molecule has 0 aliphatic rings. The van der Waals surface area contributed by atoms with Crippen LogP contribution in [0.2, 0.25) is 0 Å². The number of anilines is 3. The predicted molar refractivity (Wildman–Crippen MR) is 440 cm³/mol. The number of alkyl carbamates (subject to hydrolysis) is 3. The van der Waals surface area contributed by atoms with Crippen LogP contribution in [-0.4, -0.2) is 121 Å². The number of aryl methyl sites for hydroxylation is 3. The summed E-state index contributed by atoms with van der Waals surface area (Å²) in [6, 6.07) is 45.0. The van der Waals surface area contributed by atoms with Crippen molar-refractivity contribution < 1.29 is 57.4 Å². The van der Waals surface area contributed by atoms with Crippen molar-refractivity contribution in [1.29, 1.82) is 0 Å². The minimum Gasteiger partial charge on any atom is -0.444 e. The fourth-order valence-corrected chi connectivity index (χ4v) is 13.8. The van der Waals surface area contributed by atoms with Crippen molar-refractivity contribution in [3.63, 3.8) is 0 Å². The molecule has 0 bridgehead atoms. The smallest absolute Gasteiger partial charge is 0.407 e. The van der Waals surface area contributed by atoms with E-state index in [9.17, 15) is 43.2 Å². The molecule has 24 nitrogen and oxygen atoms in total. The molecule has 6 amide bonds. The third kappa shape index (κ3) is 24.0. The van der Waals surface area contributed by atoms with E-state index in [1.165, 1.54) is 0 Å². The highest BCUT2D eigenvalue weighted by atomic mass is 16.6. The summed E-state index contributed by atoms with van der Waals surface area (Å²) >= 11 is 0. The lowest BCUT2D eigenvalue weighted by atomic mass is 9.84. The Kier molecular flexibility index (Phi) is 29.1. The van der Waals surface area contributed by atoms with Crippen LogP contribution >= 0.6 is 0 Å². The molecule has 3 aromatic heterocycles. The van der Waals surface area contributed by atoms with Gasteiger partial charge < -0.3 is 78.3 Å². The van der Waals surface area contributed by atoms with Crippen LogP contribution in [0.3, 0.4) is 0 Å². The Morgan fingerprint density at radius 2 is 0.589 bits per heavy atom. The van der Waals surface area contributed by atoms with Gasteiger partial charge >= 0.3 is 18.3 Å². The van der Waals surface area contributed by atoms with Crippen LogP contribution in [0.25, 0.3) is 32.7 Å². The van der Waals surface area contributed by atoms with Crippen LogP contribution in [0.1, 0.15) is 198 Å². The zero-order chi connectivity index (χ0) is 80.9. The van der Waals surface area contributed by atoms with Crippen LogP contribution in [-0.2, 0) is 62.2 Å². The van der Waals surface area contributed by atoms with E-state index in [1.54, 1.807) is 98.7 Å². The van der Waals surface area contributed by atoms with Crippen molar-refractivity contribution in [2.45, 2.75) is 217 Å². The monoisotopic (exact) mass is 1530 g/mol. The Bertz CT molecular complexity index is 4250. The van der Waals surface area contributed by atoms with Gasteiger partial charge in [-0.05, 0) is 247 Å². The minimum atomic E-state index is -1.95. The molecule has 0 fully saturated rings. The van der Waals surface area contributed by atoms with Crippen molar-refractivity contribution >= 4 is 103 Å². The van der Waals surface area contributed by atoms with Crippen molar-refractivity contribution in [2.75, 3.05) is 35.6 Å². The molecule has 24 heteroatoms. The first-order valence-electron chi connectivity index (χ1n) is 39.0. The fourth-order valence-electron chi connectivity index (χ4n) is 13.8. The van der Waals surface area contributed by atoms with Gasteiger partial charge in [0.15, 0.2) is 34.0 Å². The van der Waals surface area contributed by atoms with E-state index in [4.69, 9.17) is 31.4 Å². The Hall–Kier alpha value is -11.0. The van der Waals surface area contributed by atoms with Gasteiger partial charge in [-0.3, -0.25) is 28.8 Å². The molecule has 0 saturated heterocycles. The maximum Gasteiger partial charge on any atom is 0.407 e. The van der Waals surface area contributed by atoms with E-state index in [1.807, 2.05) is 128 Å². The lowest BCUT2D eigenvalue weighted by Crippen LogP contribution is -2.57. The van der Waals surface area contributed by atoms with Gasteiger partial charge in [0.2, 0.25) is 0 Å². The summed E-state index contributed by atoms with van der Waals surface area (Å²) in [6.07, 6.45) is 9.24. The molecular formula is C88H112N12O12. The lowest BCUT2D eigenvalue weighted by molar-refractivity contribution is -0.135. The second-order valence-electron chi connectivity index (χ2n) is 32.1. The number of fused-ring (bicyclic) bond motifs is 3. The number of nitrogens with two attached hydrogens (primary N) is 3. The number of para-hydroxylation sites is 3. The standard InChI is InChI=1S/C88H112N12O12/c1-83(2,3)110-80(107)92-52-19-16-49-86(89,73(101)34-22-25-61-55-95-70-31-13-10-28-67(61)70)77(104)98-64-43-37-58(38-44-64)76(59-39-45-65(46-40-59)99-78(105)87(90,50-17-20-53-93-81(108)111-84(4,5)6)74(102)35-23-26-62-56-96-71-32-14-11-29-68(62)71)60-41-47-66(48-42-60)100-79(106)88(91,51-18-21-54-94-82(109)112-85(7,8)9)75(103)36-24-27-63-57-97-72-33-15-12-30-69(63)72/h10-15,28-33,37-48,55-57,76,95-97H,16-27,34-36,49-54,89-91H2,1-9H3,(H,92,107)(H,93,108)(H,94,109)(H,98,104)(H,99,105)(H,100,106)/t86-,87-,88-/m1/s1. The Morgan fingerprint density at radius 1 is 0.339 bits per heavy atom. The molecule has 0 unspecified atom stereocenters. The number of ketones is 3. The summed E-state index contributed by atoms with van der Waals surface area (Å²) in [5, 5.41) is 20.2. The minimum absolute atomic E-state index is 0.0118. The van der Waals surface area contributed by atoms with Gasteiger partial charge in [-0.1, -0.05) is 91.0 Å². The number of aromatic amines is 3. The Labute approximate surface area is 655 Å². The van der Waals surface area contributed by atoms with E-state index in [2.05, 4.69) is 46.9 Å². The number of hydrogen-bond donors (Lipinski definition) is 12. The molecule has 0 spiro atoms. The topological polar surface area (TPSA) is 379 Å². The average molecular weight is 1530 g/mol. The number of benzene rings is 6. The Morgan fingerprint density at radius 3 is 0.839 bits per heavy atom. The molecule has 0 radical (unpaired) electrons. The normalized spacial score (nSPS) is 13.5. The Balaban J connectivity index is 0.968. The van der Waals surface area contributed by atoms with Crippen LogP contribution in [0.5, 0.6) is 0 Å². The zero-order valence-electron chi connectivity index (χ0n) is 66.1. The number of H-pyrrole nitrogens is 3. The van der Waals surface area contributed by atoms with Gasteiger partial charge in [0, 0.05) is 113 Å². The summed E-state index contributed by atoms with van der Waals surface area (Å²) in [4.78, 5) is 135. The number of aromatic nitrogens is 3. The number of carbonyl (C=O) groups is 9. The van der Waals surface area contributed by atoms with Gasteiger partial charge in [-0.25, -0.2) is 14.4 Å². The van der Waals surface area contributed by atoms with Crippen molar-refractivity contribution in [2.24, 2.45) is 17.2 Å². The third-order valence-electron chi connectivity index (χ3n) is 19.8. The lowest BCUT2D eigenvalue weighted by Gasteiger charge is -2.28. The maximum atomic E-state index is 14.7. The molecule has 0 saturated carbocycles. The number of rotatable bonds is 39. The summed E-state index contributed by atoms with van der Waals surface area (Å²) in [6.45, 7) is 16.6. The number of carbonyl (C=O) groups excluding carboxylic acids is 9. The van der Waals surface area contributed by atoms with Gasteiger partial charge in [0.1, 0.15) is 16.8 Å². The van der Waals surface area contributed by atoms with E-state index in [-0.39, 0.29) is 58.2 Å². The first-order valence-corrected chi connectivity index (χ1v) is 39.0. The summed E-state index contributed by atoms with van der Waals surface area (Å²) < 4.78 is 16.2. The maximum absolute atomic E-state index is 14.7. The van der Waals surface area contributed by atoms with E-state index >= 15 is 0 Å². The van der Waals surface area contributed by atoms with Crippen molar-refractivity contribution in [1.82, 2.24) is 30.9 Å². The first-order chi connectivity index (χ1) is 53.2. The highest BCUT2D eigenvalue weighted by Crippen LogP contribution is 2.36. The average Bonchev–Trinajstić information content (AvgIpc) is 1.27. The molecule has 0 aliphatic carbocycles. The van der Waals surface area contributed by atoms with Gasteiger partial charge in [-0.2, -0.15) is 0 Å². The van der Waals surface area contributed by atoms with Crippen molar-refractivity contribution in [3.05, 3.63) is 198 Å². The molecule has 9 aromatic rings. The molecule has 9 rings (SSSR count). The number of Topliss-reactive ketones (excluding diaryl/α,β-unsaturated/α-hetero) is 3. The summed E-state index contributed by atoms with van der Waals surface area (Å²) in [5.74, 6) is -3.96. The predicted octanol–water partition coefficient (Wildman–Crippen LogP) is 15.1. The van der Waals surface area contributed by atoms with Gasteiger partial charge in [0.05, 0.1) is 0 Å². The van der Waals surface area contributed by atoms with E-state index in [0.29, 0.717) is 94.1 Å². The second kappa shape index (κ2) is 38.3. The number of hydrogen-bond acceptors (Lipinski definition) is 15. The van der Waals surface area contributed by atoms with E-state index < -0.39 is 92.7 Å². The second-order valence-corrected chi connectivity index (χ2v) is 32.1.